The normalized spacial score (nSPS) is 21.2. The molecule has 0 bridgehead atoms. The van der Waals surface area contributed by atoms with Crippen LogP contribution in [0.25, 0.3) is 0 Å². The van der Waals surface area contributed by atoms with Gasteiger partial charge in [0.05, 0.1) is 0 Å². The summed E-state index contributed by atoms with van der Waals surface area (Å²) in [6.45, 7) is 4.88. The number of anilines is 1. The van der Waals surface area contributed by atoms with E-state index in [0.29, 0.717) is 13.1 Å². The van der Waals surface area contributed by atoms with Crippen LogP contribution in [0.2, 0.25) is 0 Å². The van der Waals surface area contributed by atoms with Gasteiger partial charge in [-0.3, -0.25) is 4.99 Å². The van der Waals surface area contributed by atoms with E-state index in [0.717, 1.165) is 37.8 Å². The van der Waals surface area contributed by atoms with E-state index in [1.54, 1.807) is 4.90 Å². The molecule has 1 saturated heterocycles. The fourth-order valence-electron chi connectivity index (χ4n) is 3.15. The van der Waals surface area contributed by atoms with Crippen LogP contribution in [0.1, 0.15) is 32.6 Å². The lowest BCUT2D eigenvalue weighted by Crippen LogP contribution is -2.44. The molecule has 3 rings (SSSR count). The molecule has 0 radical (unpaired) electrons. The van der Waals surface area contributed by atoms with Crippen molar-refractivity contribution in [2.75, 3.05) is 31.1 Å². The maximum atomic E-state index is 13.9. The maximum absolute atomic E-state index is 13.9. The number of nitrogens with zero attached hydrogens (tertiary/aromatic N) is 2. The van der Waals surface area contributed by atoms with Crippen molar-refractivity contribution in [1.29, 1.82) is 0 Å². The van der Waals surface area contributed by atoms with Crippen LogP contribution in [0.4, 0.5) is 14.5 Å². The van der Waals surface area contributed by atoms with Gasteiger partial charge in [-0.05, 0) is 37.8 Å². The first-order valence-electron chi connectivity index (χ1n) is 8.91. The number of benzene rings is 1. The van der Waals surface area contributed by atoms with Crippen molar-refractivity contribution in [3.05, 3.63) is 29.8 Å². The summed E-state index contributed by atoms with van der Waals surface area (Å²) in [6.07, 6.45) is 4.66. The van der Waals surface area contributed by atoms with Crippen LogP contribution in [-0.2, 0) is 0 Å². The Morgan fingerprint density at radius 1 is 1.25 bits per heavy atom. The molecule has 1 saturated carbocycles. The molecule has 1 heterocycles. The minimum atomic E-state index is -0.499. The summed E-state index contributed by atoms with van der Waals surface area (Å²) in [5.41, 5.74) is 0.0810. The Balaban J connectivity index is 1.57. The summed E-state index contributed by atoms with van der Waals surface area (Å²) >= 11 is 0. The molecule has 0 spiro atoms. The van der Waals surface area contributed by atoms with Gasteiger partial charge >= 0.3 is 0 Å². The third-order valence-electron chi connectivity index (χ3n) is 4.63. The van der Waals surface area contributed by atoms with Gasteiger partial charge in [-0.1, -0.05) is 18.9 Å². The van der Waals surface area contributed by atoms with Crippen molar-refractivity contribution in [2.24, 2.45) is 10.9 Å². The molecule has 24 heavy (non-hydrogen) atoms. The number of guanidine groups is 1. The number of nitrogens with one attached hydrogen (secondary N) is 2. The van der Waals surface area contributed by atoms with E-state index < -0.39 is 11.6 Å². The molecule has 1 atom stereocenters. The van der Waals surface area contributed by atoms with E-state index in [9.17, 15) is 8.78 Å². The van der Waals surface area contributed by atoms with Crippen molar-refractivity contribution < 1.29 is 8.78 Å². The van der Waals surface area contributed by atoms with Crippen molar-refractivity contribution in [3.8, 4) is 0 Å². The number of hydrogen-bond donors (Lipinski definition) is 2. The van der Waals surface area contributed by atoms with Gasteiger partial charge in [-0.2, -0.15) is 0 Å². The molecule has 1 aromatic rings. The van der Waals surface area contributed by atoms with Crippen LogP contribution < -0.4 is 15.5 Å². The van der Waals surface area contributed by atoms with Crippen LogP contribution >= 0.6 is 0 Å². The summed E-state index contributed by atoms with van der Waals surface area (Å²) in [4.78, 5) is 6.39. The first kappa shape index (κ1) is 17.0. The van der Waals surface area contributed by atoms with Gasteiger partial charge < -0.3 is 15.5 Å². The number of halogens is 2. The number of aliphatic imine (C=N–C) groups is 1. The molecular formula is C18H26F2N4. The Bertz CT molecular complexity index is 566. The largest absolute Gasteiger partial charge is 0.365 e. The molecule has 6 heteroatoms. The minimum absolute atomic E-state index is 0.0810. The summed E-state index contributed by atoms with van der Waals surface area (Å²) in [6, 6.07) is 4.16. The molecular weight excluding hydrogens is 310 g/mol. The summed E-state index contributed by atoms with van der Waals surface area (Å²) < 4.78 is 27.8. The molecule has 0 amide bonds. The van der Waals surface area contributed by atoms with Crippen molar-refractivity contribution in [1.82, 2.24) is 10.6 Å². The van der Waals surface area contributed by atoms with Crippen LogP contribution in [0, 0.1) is 17.6 Å². The van der Waals surface area contributed by atoms with E-state index in [-0.39, 0.29) is 11.7 Å². The second-order valence-corrected chi connectivity index (χ2v) is 6.64. The minimum Gasteiger partial charge on any atom is -0.365 e. The van der Waals surface area contributed by atoms with Gasteiger partial charge in [0.2, 0.25) is 0 Å². The highest BCUT2D eigenvalue weighted by atomic mass is 19.1. The molecule has 2 N–H and O–H groups in total. The van der Waals surface area contributed by atoms with Crippen LogP contribution in [0.3, 0.4) is 0 Å². The van der Waals surface area contributed by atoms with Gasteiger partial charge in [0.25, 0.3) is 0 Å². The molecule has 132 valence electrons. The van der Waals surface area contributed by atoms with Gasteiger partial charge in [0.15, 0.2) is 5.96 Å². The molecule has 2 fully saturated rings. The van der Waals surface area contributed by atoms with E-state index in [2.05, 4.69) is 15.6 Å². The zero-order chi connectivity index (χ0) is 16.9. The fraction of sp³-hybridized carbons (Fsp3) is 0.611. The SMILES string of the molecule is CCNC(=NCCC1CC1)NC1CCN(c2c(F)cccc2F)C1. The third kappa shape index (κ3) is 4.36. The predicted molar refractivity (Wildman–Crippen MR) is 93.4 cm³/mol. The molecule has 4 nitrogen and oxygen atoms in total. The Morgan fingerprint density at radius 3 is 2.67 bits per heavy atom. The highest BCUT2D eigenvalue weighted by Gasteiger charge is 2.27. The van der Waals surface area contributed by atoms with Gasteiger partial charge in [0, 0.05) is 32.2 Å². The highest BCUT2D eigenvalue weighted by Crippen LogP contribution is 2.32. The number of hydrogen-bond acceptors (Lipinski definition) is 2. The van der Waals surface area contributed by atoms with E-state index in [1.165, 1.54) is 31.0 Å². The molecule has 1 aliphatic carbocycles. The summed E-state index contributed by atoms with van der Waals surface area (Å²) in [5.74, 6) is 0.669. The molecule has 1 unspecified atom stereocenters. The van der Waals surface area contributed by atoms with Gasteiger partial charge in [-0.15, -0.1) is 0 Å². The Hall–Kier alpha value is -1.85. The lowest BCUT2D eigenvalue weighted by molar-refractivity contribution is 0.576. The number of para-hydroxylation sites is 1. The smallest absolute Gasteiger partial charge is 0.191 e. The maximum Gasteiger partial charge on any atom is 0.191 e. The molecule has 2 aliphatic rings. The Labute approximate surface area is 142 Å². The zero-order valence-electron chi connectivity index (χ0n) is 14.2. The standard InChI is InChI=1S/C18H26F2N4/c1-2-21-18(22-10-8-13-6-7-13)23-14-9-11-24(12-14)17-15(19)4-3-5-16(17)20/h3-5,13-14H,2,6-12H2,1H3,(H2,21,22,23). The fourth-order valence-corrected chi connectivity index (χ4v) is 3.15. The summed E-state index contributed by atoms with van der Waals surface area (Å²) in [7, 11) is 0. The van der Waals surface area contributed by atoms with Crippen molar-refractivity contribution in [3.63, 3.8) is 0 Å². The van der Waals surface area contributed by atoms with Crippen LogP contribution in [0.15, 0.2) is 23.2 Å². The third-order valence-corrected chi connectivity index (χ3v) is 4.63. The zero-order valence-corrected chi connectivity index (χ0v) is 14.2. The quantitative estimate of drug-likeness (QED) is 0.620. The predicted octanol–water partition coefficient (Wildman–Crippen LogP) is 2.90. The Morgan fingerprint density at radius 2 is 2.00 bits per heavy atom. The monoisotopic (exact) mass is 336 g/mol. The van der Waals surface area contributed by atoms with E-state index in [4.69, 9.17) is 0 Å². The second kappa shape index (κ2) is 7.81. The lowest BCUT2D eigenvalue weighted by Gasteiger charge is -2.21. The summed E-state index contributed by atoms with van der Waals surface area (Å²) in [5, 5.41) is 6.66. The van der Waals surface area contributed by atoms with Gasteiger partial charge in [-0.25, -0.2) is 8.78 Å². The van der Waals surface area contributed by atoms with E-state index >= 15 is 0 Å². The lowest BCUT2D eigenvalue weighted by atomic mass is 10.2. The molecule has 1 aromatic carbocycles. The second-order valence-electron chi connectivity index (χ2n) is 6.64. The first-order chi connectivity index (χ1) is 11.7. The first-order valence-corrected chi connectivity index (χ1v) is 8.91. The van der Waals surface area contributed by atoms with E-state index in [1.807, 2.05) is 6.92 Å². The average molecular weight is 336 g/mol. The highest BCUT2D eigenvalue weighted by molar-refractivity contribution is 5.80. The Kier molecular flexibility index (Phi) is 5.53. The average Bonchev–Trinajstić information content (AvgIpc) is 3.26. The number of rotatable bonds is 6. The topological polar surface area (TPSA) is 39.7 Å². The molecule has 1 aliphatic heterocycles. The van der Waals surface area contributed by atoms with Gasteiger partial charge in [0.1, 0.15) is 17.3 Å². The van der Waals surface area contributed by atoms with Crippen molar-refractivity contribution >= 4 is 11.6 Å². The van der Waals surface area contributed by atoms with Crippen molar-refractivity contribution in [2.45, 2.75) is 38.6 Å². The van der Waals surface area contributed by atoms with Crippen LogP contribution in [-0.4, -0.2) is 38.2 Å². The molecule has 0 aromatic heterocycles. The van der Waals surface area contributed by atoms with Crippen LogP contribution in [0.5, 0.6) is 0 Å².